The summed E-state index contributed by atoms with van der Waals surface area (Å²) < 4.78 is 6.49. The number of fused-ring (bicyclic) bond motifs is 8. The Morgan fingerprint density at radius 2 is 0.809 bits per heavy atom. The van der Waals surface area contributed by atoms with Gasteiger partial charge in [0.1, 0.15) is 11.2 Å². The van der Waals surface area contributed by atoms with Crippen LogP contribution >= 0.6 is 0 Å². The van der Waals surface area contributed by atoms with Gasteiger partial charge in [-0.25, -0.2) is 0 Å². The van der Waals surface area contributed by atoms with Crippen LogP contribution in [0.3, 0.4) is 0 Å². The van der Waals surface area contributed by atoms with E-state index in [1.165, 1.54) is 65.5 Å². The zero-order valence-corrected chi connectivity index (χ0v) is 25.6. The van der Waals surface area contributed by atoms with Crippen molar-refractivity contribution in [2.24, 2.45) is 0 Å². The molecule has 0 atom stereocenters. The summed E-state index contributed by atoms with van der Waals surface area (Å²) in [5.74, 6) is 0. The zero-order valence-electron chi connectivity index (χ0n) is 25.6. The van der Waals surface area contributed by atoms with Crippen LogP contribution in [0.5, 0.6) is 0 Å². The van der Waals surface area contributed by atoms with Crippen molar-refractivity contribution in [3.63, 3.8) is 0 Å². The Labute approximate surface area is 271 Å². The van der Waals surface area contributed by atoms with Gasteiger partial charge in [-0.1, -0.05) is 152 Å². The molecule has 10 rings (SSSR count). The third kappa shape index (κ3) is 3.97. The largest absolute Gasteiger partial charge is 0.455 e. The smallest absolute Gasteiger partial charge is 0.143 e. The summed E-state index contributed by atoms with van der Waals surface area (Å²) in [7, 11) is 0. The molecular weight excluding hydrogens is 569 g/mol. The zero-order chi connectivity index (χ0) is 30.9. The van der Waals surface area contributed by atoms with E-state index in [1.54, 1.807) is 0 Å². The molecule has 218 valence electrons. The first-order chi connectivity index (χ1) is 23.3. The maximum absolute atomic E-state index is 6.49. The van der Waals surface area contributed by atoms with Crippen LogP contribution in [-0.2, 0) is 0 Å². The van der Waals surface area contributed by atoms with Crippen LogP contribution in [-0.4, -0.2) is 0 Å². The Morgan fingerprint density at radius 3 is 1.51 bits per heavy atom. The van der Waals surface area contributed by atoms with Crippen LogP contribution < -0.4 is 0 Å². The maximum atomic E-state index is 6.49. The first kappa shape index (κ1) is 26.1. The molecule has 1 aromatic heterocycles. The molecule has 1 nitrogen and oxygen atoms in total. The highest BCUT2D eigenvalue weighted by atomic mass is 16.3. The minimum absolute atomic E-state index is 0.916. The van der Waals surface area contributed by atoms with Crippen molar-refractivity contribution >= 4 is 65.0 Å². The number of rotatable bonds is 3. The molecule has 0 saturated carbocycles. The second kappa shape index (κ2) is 10.2. The normalized spacial score (nSPS) is 11.8. The summed E-state index contributed by atoms with van der Waals surface area (Å²) in [6.45, 7) is 0. The van der Waals surface area contributed by atoms with Crippen LogP contribution in [0.2, 0.25) is 0 Å². The molecule has 0 amide bonds. The third-order valence-corrected chi connectivity index (χ3v) is 9.86. The average Bonchev–Trinajstić information content (AvgIpc) is 3.52. The molecule has 0 aliphatic heterocycles. The summed E-state index contributed by atoms with van der Waals surface area (Å²) in [6, 6.07) is 61.5. The third-order valence-electron chi connectivity index (χ3n) is 9.86. The molecule has 0 aliphatic rings. The molecule has 1 heterocycles. The van der Waals surface area contributed by atoms with Crippen molar-refractivity contribution in [2.75, 3.05) is 0 Å². The fraction of sp³-hybridized carbons (Fsp3) is 0. The first-order valence-corrected chi connectivity index (χ1v) is 16.2. The van der Waals surface area contributed by atoms with Crippen molar-refractivity contribution < 1.29 is 4.42 Å². The van der Waals surface area contributed by atoms with E-state index in [0.29, 0.717) is 0 Å². The standard InChI is InChI=1S/C46H28O/c1-3-13-34-30(10-1)12-9-19-37(34)45-40-17-7-5-15-38(40)44(39-16-6-8-18-41(39)45)32-22-20-29(21-23-32)33-25-26-36-42-27-24-31-11-2-4-14-35(31)46(42)47-43(36)28-33/h1-28H. The van der Waals surface area contributed by atoms with Crippen molar-refractivity contribution in [3.8, 4) is 33.4 Å². The summed E-state index contributed by atoms with van der Waals surface area (Å²) in [4.78, 5) is 0. The van der Waals surface area contributed by atoms with Gasteiger partial charge in [-0.3, -0.25) is 0 Å². The summed E-state index contributed by atoms with van der Waals surface area (Å²) in [5, 5.41) is 12.2. The Morgan fingerprint density at radius 1 is 0.298 bits per heavy atom. The van der Waals surface area contributed by atoms with Crippen LogP contribution in [0.1, 0.15) is 0 Å². The molecule has 0 bridgehead atoms. The molecule has 0 saturated heterocycles. The minimum Gasteiger partial charge on any atom is -0.455 e. The molecule has 9 aromatic carbocycles. The van der Waals surface area contributed by atoms with Crippen molar-refractivity contribution in [2.45, 2.75) is 0 Å². The fourth-order valence-corrected chi connectivity index (χ4v) is 7.69. The highest BCUT2D eigenvalue weighted by molar-refractivity contribution is 6.23. The Hall–Kier alpha value is -6.18. The summed E-state index contributed by atoms with van der Waals surface area (Å²) >= 11 is 0. The lowest BCUT2D eigenvalue weighted by Gasteiger charge is -2.19. The van der Waals surface area contributed by atoms with Crippen molar-refractivity contribution in [1.82, 2.24) is 0 Å². The van der Waals surface area contributed by atoms with Crippen LogP contribution in [0.4, 0.5) is 0 Å². The first-order valence-electron chi connectivity index (χ1n) is 16.2. The predicted octanol–water partition coefficient (Wildman–Crippen LogP) is 13.2. The molecule has 0 N–H and O–H groups in total. The van der Waals surface area contributed by atoms with Gasteiger partial charge in [0.2, 0.25) is 0 Å². The van der Waals surface area contributed by atoms with Gasteiger partial charge < -0.3 is 4.42 Å². The molecule has 10 aromatic rings. The Balaban J connectivity index is 1.14. The average molecular weight is 597 g/mol. The van der Waals surface area contributed by atoms with E-state index in [1.807, 2.05) is 0 Å². The molecule has 1 heteroatoms. The lowest BCUT2D eigenvalue weighted by molar-refractivity contribution is 0.673. The second-order valence-corrected chi connectivity index (χ2v) is 12.4. The lowest BCUT2D eigenvalue weighted by Crippen LogP contribution is -1.91. The SMILES string of the molecule is c1ccc2c(-c3c4ccccc4c(-c4ccc(-c5ccc6c(c5)oc5c7ccccc7ccc65)cc4)c4ccccc34)cccc2c1. The summed E-state index contributed by atoms with van der Waals surface area (Å²) in [6.07, 6.45) is 0. The molecule has 0 fully saturated rings. The molecular formula is C46H28O. The van der Waals surface area contributed by atoms with E-state index in [-0.39, 0.29) is 0 Å². The van der Waals surface area contributed by atoms with Gasteiger partial charge in [0.15, 0.2) is 0 Å². The van der Waals surface area contributed by atoms with E-state index < -0.39 is 0 Å². The van der Waals surface area contributed by atoms with Crippen LogP contribution in [0, 0.1) is 0 Å². The number of furan rings is 1. The van der Waals surface area contributed by atoms with Crippen molar-refractivity contribution in [3.05, 3.63) is 170 Å². The van der Waals surface area contributed by atoms with Crippen LogP contribution in [0.25, 0.3) is 98.4 Å². The quantitative estimate of drug-likeness (QED) is 0.185. The fourth-order valence-electron chi connectivity index (χ4n) is 7.69. The highest BCUT2D eigenvalue weighted by Gasteiger charge is 2.18. The minimum atomic E-state index is 0.916. The van der Waals surface area contributed by atoms with Gasteiger partial charge in [0.05, 0.1) is 0 Å². The van der Waals surface area contributed by atoms with Crippen molar-refractivity contribution in [1.29, 1.82) is 0 Å². The van der Waals surface area contributed by atoms with Crippen LogP contribution in [0.15, 0.2) is 174 Å². The Kier molecular flexibility index (Phi) is 5.64. The maximum Gasteiger partial charge on any atom is 0.143 e. The van der Waals surface area contributed by atoms with Gasteiger partial charge in [0.25, 0.3) is 0 Å². The number of benzene rings is 9. The second-order valence-electron chi connectivity index (χ2n) is 12.4. The van der Waals surface area contributed by atoms with E-state index in [0.717, 1.165) is 32.9 Å². The van der Waals surface area contributed by atoms with Gasteiger partial charge in [-0.05, 0) is 89.3 Å². The number of hydrogen-bond donors (Lipinski definition) is 0. The Bertz CT molecular complexity index is 2770. The predicted molar refractivity (Wildman–Crippen MR) is 200 cm³/mol. The van der Waals surface area contributed by atoms with Gasteiger partial charge in [-0.2, -0.15) is 0 Å². The van der Waals surface area contributed by atoms with E-state index in [2.05, 4.69) is 170 Å². The van der Waals surface area contributed by atoms with E-state index >= 15 is 0 Å². The van der Waals surface area contributed by atoms with Gasteiger partial charge in [0, 0.05) is 16.2 Å². The van der Waals surface area contributed by atoms with Gasteiger partial charge in [-0.15, -0.1) is 0 Å². The molecule has 0 aliphatic carbocycles. The molecule has 0 radical (unpaired) electrons. The molecule has 0 spiro atoms. The molecule has 47 heavy (non-hydrogen) atoms. The topological polar surface area (TPSA) is 13.1 Å². The molecule has 0 unspecified atom stereocenters. The lowest BCUT2D eigenvalue weighted by atomic mass is 9.84. The number of hydrogen-bond acceptors (Lipinski definition) is 1. The highest BCUT2D eigenvalue weighted by Crippen LogP contribution is 2.45. The van der Waals surface area contributed by atoms with E-state index in [9.17, 15) is 0 Å². The van der Waals surface area contributed by atoms with Gasteiger partial charge >= 0.3 is 0 Å². The van der Waals surface area contributed by atoms with E-state index in [4.69, 9.17) is 4.42 Å². The monoisotopic (exact) mass is 596 g/mol. The summed E-state index contributed by atoms with van der Waals surface area (Å²) in [5.41, 5.74) is 9.23.